The summed E-state index contributed by atoms with van der Waals surface area (Å²) in [6, 6.07) is 6.99. The smallest absolute Gasteiger partial charge is 0.230 e. The second-order valence-corrected chi connectivity index (χ2v) is 7.21. The molecule has 1 amide bonds. The van der Waals surface area contributed by atoms with Crippen LogP contribution in [-0.4, -0.2) is 11.7 Å². The van der Waals surface area contributed by atoms with Crippen LogP contribution in [0.4, 0.5) is 5.69 Å². The van der Waals surface area contributed by atoms with Crippen molar-refractivity contribution in [3.8, 4) is 0 Å². The molecular formula is C17H25NO2. The van der Waals surface area contributed by atoms with Crippen LogP contribution in [0.3, 0.4) is 0 Å². The van der Waals surface area contributed by atoms with Crippen LogP contribution in [0.2, 0.25) is 0 Å². The molecule has 0 radical (unpaired) electrons. The maximum Gasteiger partial charge on any atom is 0.230 e. The number of hydrogen-bond acceptors (Lipinski definition) is 2. The van der Waals surface area contributed by atoms with Crippen LogP contribution in [0.25, 0.3) is 0 Å². The Balaban J connectivity index is 2.77. The number of nitrogens with one attached hydrogen (secondary N) is 1. The van der Waals surface area contributed by atoms with Crippen LogP contribution >= 0.6 is 0 Å². The highest BCUT2D eigenvalue weighted by atomic mass is 16.2. The Morgan fingerprint density at radius 2 is 1.50 bits per heavy atom. The SMILES string of the molecule is CC(=O)c1ccc(NC(=O)C(C)(C)CC(C)(C)C)cc1. The summed E-state index contributed by atoms with van der Waals surface area (Å²) in [5.41, 5.74) is 1.04. The lowest BCUT2D eigenvalue weighted by Gasteiger charge is -2.31. The van der Waals surface area contributed by atoms with E-state index in [1.165, 1.54) is 6.92 Å². The highest BCUT2D eigenvalue weighted by Crippen LogP contribution is 2.34. The van der Waals surface area contributed by atoms with Gasteiger partial charge in [0.1, 0.15) is 0 Å². The minimum Gasteiger partial charge on any atom is -0.326 e. The van der Waals surface area contributed by atoms with Gasteiger partial charge in [-0.15, -0.1) is 0 Å². The third-order valence-corrected chi connectivity index (χ3v) is 3.14. The van der Waals surface area contributed by atoms with E-state index in [9.17, 15) is 9.59 Å². The molecule has 0 fully saturated rings. The summed E-state index contributed by atoms with van der Waals surface area (Å²) < 4.78 is 0. The van der Waals surface area contributed by atoms with Gasteiger partial charge in [0.15, 0.2) is 5.78 Å². The first-order valence-corrected chi connectivity index (χ1v) is 6.94. The van der Waals surface area contributed by atoms with Crippen LogP contribution in [0.1, 0.15) is 58.3 Å². The van der Waals surface area contributed by atoms with Crippen molar-refractivity contribution in [1.82, 2.24) is 0 Å². The fraction of sp³-hybridized carbons (Fsp3) is 0.529. The van der Waals surface area contributed by atoms with Gasteiger partial charge < -0.3 is 5.32 Å². The molecule has 0 heterocycles. The highest BCUT2D eigenvalue weighted by Gasteiger charge is 2.32. The largest absolute Gasteiger partial charge is 0.326 e. The molecule has 1 rings (SSSR count). The van der Waals surface area contributed by atoms with Gasteiger partial charge in [-0.2, -0.15) is 0 Å². The number of amides is 1. The van der Waals surface area contributed by atoms with E-state index in [1.807, 2.05) is 13.8 Å². The van der Waals surface area contributed by atoms with E-state index in [0.29, 0.717) is 5.56 Å². The molecule has 0 aromatic heterocycles. The monoisotopic (exact) mass is 275 g/mol. The molecule has 0 aliphatic heterocycles. The van der Waals surface area contributed by atoms with E-state index in [2.05, 4.69) is 26.1 Å². The quantitative estimate of drug-likeness (QED) is 0.833. The number of carbonyl (C=O) groups excluding carboxylic acids is 2. The number of hydrogen-bond donors (Lipinski definition) is 1. The van der Waals surface area contributed by atoms with Gasteiger partial charge in [0, 0.05) is 16.7 Å². The molecule has 20 heavy (non-hydrogen) atoms. The van der Waals surface area contributed by atoms with Crippen molar-refractivity contribution in [2.75, 3.05) is 5.32 Å². The van der Waals surface area contributed by atoms with Gasteiger partial charge in [-0.3, -0.25) is 9.59 Å². The molecule has 0 atom stereocenters. The van der Waals surface area contributed by atoms with E-state index in [1.54, 1.807) is 24.3 Å². The number of ketones is 1. The van der Waals surface area contributed by atoms with Crippen molar-refractivity contribution in [2.45, 2.75) is 48.0 Å². The summed E-state index contributed by atoms with van der Waals surface area (Å²) in [6.07, 6.45) is 0.803. The molecule has 0 unspecified atom stereocenters. The molecule has 3 heteroatoms. The number of anilines is 1. The van der Waals surface area contributed by atoms with Crippen molar-refractivity contribution in [1.29, 1.82) is 0 Å². The minimum atomic E-state index is -0.433. The van der Waals surface area contributed by atoms with E-state index in [4.69, 9.17) is 0 Å². The molecule has 0 saturated carbocycles. The van der Waals surface area contributed by atoms with E-state index in [0.717, 1.165) is 12.1 Å². The molecule has 0 aliphatic carbocycles. The fourth-order valence-electron chi connectivity index (χ4n) is 2.49. The number of carbonyl (C=O) groups is 2. The average Bonchev–Trinajstić information content (AvgIpc) is 2.26. The number of rotatable bonds is 4. The lowest BCUT2D eigenvalue weighted by molar-refractivity contribution is -0.125. The molecule has 0 saturated heterocycles. The molecule has 0 aliphatic rings. The van der Waals surface area contributed by atoms with Crippen LogP contribution < -0.4 is 5.32 Å². The van der Waals surface area contributed by atoms with Gasteiger partial charge >= 0.3 is 0 Å². The standard InChI is InChI=1S/C17H25NO2/c1-12(19)13-7-9-14(10-8-13)18-15(20)17(5,6)11-16(2,3)4/h7-10H,11H2,1-6H3,(H,18,20). The van der Waals surface area contributed by atoms with Crippen LogP contribution in [-0.2, 0) is 4.79 Å². The fourth-order valence-corrected chi connectivity index (χ4v) is 2.49. The van der Waals surface area contributed by atoms with Crippen LogP contribution in [0, 0.1) is 10.8 Å². The second-order valence-electron chi connectivity index (χ2n) is 7.21. The summed E-state index contributed by atoms with van der Waals surface area (Å²) >= 11 is 0. The number of benzene rings is 1. The van der Waals surface area contributed by atoms with Gasteiger partial charge in [-0.25, -0.2) is 0 Å². The molecule has 110 valence electrons. The lowest BCUT2D eigenvalue weighted by Crippen LogP contribution is -2.34. The summed E-state index contributed by atoms with van der Waals surface area (Å²) in [6.45, 7) is 11.8. The lowest BCUT2D eigenvalue weighted by atomic mass is 9.75. The normalized spacial score (nSPS) is 12.1. The van der Waals surface area contributed by atoms with E-state index < -0.39 is 5.41 Å². The first kappa shape index (κ1) is 16.4. The van der Waals surface area contributed by atoms with Crippen molar-refractivity contribution >= 4 is 17.4 Å². The van der Waals surface area contributed by atoms with E-state index in [-0.39, 0.29) is 17.1 Å². The average molecular weight is 275 g/mol. The van der Waals surface area contributed by atoms with Gasteiger partial charge in [-0.05, 0) is 43.0 Å². The Kier molecular flexibility index (Phi) is 4.74. The molecular weight excluding hydrogens is 250 g/mol. The Morgan fingerprint density at radius 3 is 1.90 bits per heavy atom. The zero-order valence-corrected chi connectivity index (χ0v) is 13.3. The van der Waals surface area contributed by atoms with Crippen LogP contribution in [0.15, 0.2) is 24.3 Å². The predicted molar refractivity (Wildman–Crippen MR) is 82.9 cm³/mol. The van der Waals surface area contributed by atoms with Gasteiger partial charge in [0.2, 0.25) is 5.91 Å². The first-order valence-electron chi connectivity index (χ1n) is 6.94. The summed E-state index contributed by atoms with van der Waals surface area (Å²) in [5, 5.41) is 2.92. The highest BCUT2D eigenvalue weighted by molar-refractivity contribution is 5.97. The first-order chi connectivity index (χ1) is 9.01. The van der Waals surface area contributed by atoms with Gasteiger partial charge in [-0.1, -0.05) is 34.6 Å². The van der Waals surface area contributed by atoms with Gasteiger partial charge in [0.25, 0.3) is 0 Å². The second kappa shape index (κ2) is 5.78. The maximum absolute atomic E-state index is 12.4. The summed E-state index contributed by atoms with van der Waals surface area (Å²) in [5.74, 6) is 0.0268. The van der Waals surface area contributed by atoms with Crippen molar-refractivity contribution in [3.05, 3.63) is 29.8 Å². The Hall–Kier alpha value is -1.64. The molecule has 1 aromatic rings. The van der Waals surface area contributed by atoms with Crippen molar-refractivity contribution in [2.24, 2.45) is 10.8 Å². The predicted octanol–water partition coefficient (Wildman–Crippen LogP) is 4.29. The molecule has 1 aromatic carbocycles. The maximum atomic E-state index is 12.4. The minimum absolute atomic E-state index is 0.00278. The zero-order valence-electron chi connectivity index (χ0n) is 13.3. The van der Waals surface area contributed by atoms with Gasteiger partial charge in [0.05, 0.1) is 0 Å². The Labute approximate surface area is 121 Å². The third kappa shape index (κ3) is 4.80. The summed E-state index contributed by atoms with van der Waals surface area (Å²) in [4.78, 5) is 23.6. The molecule has 0 spiro atoms. The van der Waals surface area contributed by atoms with Crippen molar-refractivity contribution < 1.29 is 9.59 Å². The number of Topliss-reactive ketones (excluding diaryl/α,β-unsaturated/α-hetero) is 1. The zero-order chi connectivity index (χ0) is 15.6. The van der Waals surface area contributed by atoms with E-state index >= 15 is 0 Å². The van der Waals surface area contributed by atoms with Crippen molar-refractivity contribution in [3.63, 3.8) is 0 Å². The molecule has 1 N–H and O–H groups in total. The Morgan fingerprint density at radius 1 is 1.00 bits per heavy atom. The summed E-state index contributed by atoms with van der Waals surface area (Å²) in [7, 11) is 0. The Bertz CT molecular complexity index is 493. The topological polar surface area (TPSA) is 46.2 Å². The van der Waals surface area contributed by atoms with Crippen LogP contribution in [0.5, 0.6) is 0 Å². The third-order valence-electron chi connectivity index (χ3n) is 3.14. The molecule has 3 nitrogen and oxygen atoms in total. The molecule has 0 bridgehead atoms.